The highest BCUT2D eigenvalue weighted by Gasteiger charge is 2.16. The van der Waals surface area contributed by atoms with Crippen LogP contribution in [-0.2, 0) is 0 Å². The molecule has 0 unspecified atom stereocenters. The average molecular weight is 676 g/mol. The minimum absolute atomic E-state index is 1.10. The van der Waals surface area contributed by atoms with Gasteiger partial charge in [0.25, 0.3) is 0 Å². The summed E-state index contributed by atoms with van der Waals surface area (Å²) in [5, 5.41) is 2.49. The van der Waals surface area contributed by atoms with Gasteiger partial charge in [0.2, 0.25) is 0 Å². The van der Waals surface area contributed by atoms with E-state index in [0.717, 1.165) is 17.1 Å². The molecular weight excluding hydrogens is 639 g/mol. The molecule has 0 heterocycles. The van der Waals surface area contributed by atoms with Gasteiger partial charge in [-0.25, -0.2) is 0 Å². The summed E-state index contributed by atoms with van der Waals surface area (Å²) in [5.41, 5.74) is 15.4. The third-order valence-corrected chi connectivity index (χ3v) is 10.1. The van der Waals surface area contributed by atoms with Gasteiger partial charge in [0, 0.05) is 17.1 Å². The van der Waals surface area contributed by atoms with E-state index in [0.29, 0.717) is 0 Å². The van der Waals surface area contributed by atoms with Gasteiger partial charge in [-0.1, -0.05) is 182 Å². The molecule has 0 fully saturated rings. The van der Waals surface area contributed by atoms with Gasteiger partial charge >= 0.3 is 0 Å². The molecule has 0 atom stereocenters. The molecule has 0 radical (unpaired) electrons. The normalized spacial score (nSPS) is 11.0. The summed E-state index contributed by atoms with van der Waals surface area (Å²) in [6, 6.07) is 80.8. The molecule has 0 spiro atoms. The van der Waals surface area contributed by atoms with E-state index in [1.807, 2.05) is 0 Å². The lowest BCUT2D eigenvalue weighted by Gasteiger charge is -2.26. The molecule has 53 heavy (non-hydrogen) atoms. The van der Waals surface area contributed by atoms with E-state index < -0.39 is 0 Å². The van der Waals surface area contributed by atoms with E-state index in [9.17, 15) is 0 Å². The predicted molar refractivity (Wildman–Crippen MR) is 226 cm³/mol. The Bertz CT molecular complexity index is 2640. The Hall–Kier alpha value is -6.96. The maximum absolute atomic E-state index is 2.37. The van der Waals surface area contributed by atoms with Crippen LogP contribution >= 0.6 is 0 Å². The van der Waals surface area contributed by atoms with Crippen molar-refractivity contribution < 1.29 is 0 Å². The van der Waals surface area contributed by atoms with E-state index in [4.69, 9.17) is 0 Å². The highest BCUT2D eigenvalue weighted by atomic mass is 15.1. The zero-order valence-electron chi connectivity index (χ0n) is 29.3. The second-order valence-electron chi connectivity index (χ2n) is 13.4. The van der Waals surface area contributed by atoms with Crippen molar-refractivity contribution >= 4 is 27.8 Å². The number of nitrogens with zero attached hydrogens (tertiary/aromatic N) is 1. The van der Waals surface area contributed by atoms with Crippen molar-refractivity contribution in [1.82, 2.24) is 0 Å². The van der Waals surface area contributed by atoms with Crippen molar-refractivity contribution in [3.8, 4) is 55.6 Å². The fourth-order valence-electron chi connectivity index (χ4n) is 7.44. The first-order chi connectivity index (χ1) is 26.3. The molecule has 0 aliphatic heterocycles. The lowest BCUT2D eigenvalue weighted by atomic mass is 9.94. The van der Waals surface area contributed by atoms with Crippen molar-refractivity contribution in [2.45, 2.75) is 0 Å². The van der Waals surface area contributed by atoms with Crippen LogP contribution in [0.2, 0.25) is 0 Å². The maximum Gasteiger partial charge on any atom is 0.0467 e. The zero-order chi connectivity index (χ0) is 35.4. The first kappa shape index (κ1) is 32.0. The van der Waals surface area contributed by atoms with E-state index in [1.165, 1.54) is 66.4 Å². The first-order valence-corrected chi connectivity index (χ1v) is 18.2. The van der Waals surface area contributed by atoms with E-state index in [1.54, 1.807) is 0 Å². The van der Waals surface area contributed by atoms with Gasteiger partial charge in [-0.05, 0) is 109 Å². The van der Waals surface area contributed by atoms with E-state index in [2.05, 4.69) is 229 Å². The van der Waals surface area contributed by atoms with Gasteiger partial charge in [-0.3, -0.25) is 0 Å². The standard InChI is InChI=1S/C52H37N/c1-3-14-38(15-4-1)43-20-11-21-44(36-43)39-28-32-46(33-29-39)53(48-23-12-22-45(37-48)52-27-13-19-41-18-7-8-24-50(41)52)47-34-30-42(31-35-47)51-26-10-9-25-49(51)40-16-5-2-6-17-40/h1-37H. The summed E-state index contributed by atoms with van der Waals surface area (Å²) in [6.07, 6.45) is 0. The fourth-order valence-corrected chi connectivity index (χ4v) is 7.44. The Morgan fingerprint density at radius 2 is 0.660 bits per heavy atom. The summed E-state index contributed by atoms with van der Waals surface area (Å²) < 4.78 is 0. The number of hydrogen-bond donors (Lipinski definition) is 0. The van der Waals surface area contributed by atoms with Crippen molar-refractivity contribution in [1.29, 1.82) is 0 Å². The van der Waals surface area contributed by atoms with Gasteiger partial charge in [0.05, 0.1) is 0 Å². The molecule has 0 aliphatic carbocycles. The summed E-state index contributed by atoms with van der Waals surface area (Å²) in [5.74, 6) is 0. The van der Waals surface area contributed by atoms with Crippen LogP contribution in [0.15, 0.2) is 224 Å². The smallest absolute Gasteiger partial charge is 0.0467 e. The lowest BCUT2D eigenvalue weighted by Crippen LogP contribution is -2.10. The van der Waals surface area contributed by atoms with Crippen LogP contribution in [-0.4, -0.2) is 0 Å². The van der Waals surface area contributed by atoms with Crippen LogP contribution in [0.25, 0.3) is 66.4 Å². The molecule has 250 valence electrons. The van der Waals surface area contributed by atoms with Gasteiger partial charge in [-0.2, -0.15) is 0 Å². The second-order valence-corrected chi connectivity index (χ2v) is 13.4. The Balaban J connectivity index is 1.13. The van der Waals surface area contributed by atoms with Crippen LogP contribution < -0.4 is 4.90 Å². The van der Waals surface area contributed by atoms with Crippen LogP contribution in [0, 0.1) is 0 Å². The third-order valence-electron chi connectivity index (χ3n) is 10.1. The Labute approximate surface area is 311 Å². The van der Waals surface area contributed by atoms with E-state index >= 15 is 0 Å². The molecule has 9 rings (SSSR count). The lowest BCUT2D eigenvalue weighted by molar-refractivity contribution is 1.28. The van der Waals surface area contributed by atoms with E-state index in [-0.39, 0.29) is 0 Å². The first-order valence-electron chi connectivity index (χ1n) is 18.2. The molecule has 0 aliphatic rings. The number of rotatable bonds is 8. The number of fused-ring (bicyclic) bond motifs is 1. The largest absolute Gasteiger partial charge is 0.310 e. The van der Waals surface area contributed by atoms with Crippen LogP contribution in [0.3, 0.4) is 0 Å². The molecule has 0 amide bonds. The van der Waals surface area contributed by atoms with Crippen LogP contribution in [0.1, 0.15) is 0 Å². The Morgan fingerprint density at radius 1 is 0.226 bits per heavy atom. The number of benzene rings is 9. The minimum Gasteiger partial charge on any atom is -0.310 e. The van der Waals surface area contributed by atoms with Gasteiger partial charge in [0.1, 0.15) is 0 Å². The summed E-state index contributed by atoms with van der Waals surface area (Å²) in [7, 11) is 0. The van der Waals surface area contributed by atoms with Gasteiger partial charge in [-0.15, -0.1) is 0 Å². The molecule has 0 bridgehead atoms. The quantitative estimate of drug-likeness (QED) is 0.155. The van der Waals surface area contributed by atoms with Gasteiger partial charge in [0.15, 0.2) is 0 Å². The summed E-state index contributed by atoms with van der Waals surface area (Å²) in [4.78, 5) is 2.37. The molecule has 0 saturated carbocycles. The van der Waals surface area contributed by atoms with Crippen LogP contribution in [0.5, 0.6) is 0 Å². The molecule has 1 nitrogen and oxygen atoms in total. The van der Waals surface area contributed by atoms with Crippen molar-refractivity contribution in [2.24, 2.45) is 0 Å². The molecule has 0 aromatic heterocycles. The summed E-state index contributed by atoms with van der Waals surface area (Å²) in [6.45, 7) is 0. The van der Waals surface area contributed by atoms with Gasteiger partial charge < -0.3 is 4.90 Å². The Kier molecular flexibility index (Phi) is 8.66. The molecular formula is C52H37N. The predicted octanol–water partition coefficient (Wildman–Crippen LogP) is 14.6. The SMILES string of the molecule is c1ccc(-c2cccc(-c3ccc(N(c4ccc(-c5ccccc5-c5ccccc5)cc4)c4cccc(-c5cccc6ccccc56)c4)cc3)c2)cc1. The average Bonchev–Trinajstić information content (AvgIpc) is 3.25. The van der Waals surface area contributed by atoms with Crippen molar-refractivity contribution in [2.75, 3.05) is 4.90 Å². The van der Waals surface area contributed by atoms with Crippen molar-refractivity contribution in [3.63, 3.8) is 0 Å². The highest BCUT2D eigenvalue weighted by molar-refractivity contribution is 5.97. The Morgan fingerprint density at radius 3 is 1.34 bits per heavy atom. The maximum atomic E-state index is 2.37. The van der Waals surface area contributed by atoms with Crippen LogP contribution in [0.4, 0.5) is 17.1 Å². The zero-order valence-corrected chi connectivity index (χ0v) is 29.3. The molecule has 9 aromatic carbocycles. The highest BCUT2D eigenvalue weighted by Crippen LogP contribution is 2.40. The molecule has 0 N–H and O–H groups in total. The second kappa shape index (κ2) is 14.3. The molecule has 9 aromatic rings. The minimum atomic E-state index is 1.10. The van der Waals surface area contributed by atoms with Crippen molar-refractivity contribution in [3.05, 3.63) is 224 Å². The molecule has 0 saturated heterocycles. The third kappa shape index (κ3) is 6.53. The fraction of sp³-hybridized carbons (Fsp3) is 0. The molecule has 1 heteroatoms. The number of anilines is 3. The summed E-state index contributed by atoms with van der Waals surface area (Å²) >= 11 is 0. The monoisotopic (exact) mass is 675 g/mol. The number of hydrogen-bond acceptors (Lipinski definition) is 1. The topological polar surface area (TPSA) is 3.24 Å².